The quantitative estimate of drug-likeness (QED) is 0.468. The summed E-state index contributed by atoms with van der Waals surface area (Å²) in [6.07, 6.45) is 5.70. The number of carbonyl (C=O) groups is 1. The van der Waals surface area contributed by atoms with Gasteiger partial charge in [-0.2, -0.15) is 18.4 Å². The second-order valence-electron chi connectivity index (χ2n) is 7.86. The first-order valence-electron chi connectivity index (χ1n) is 10.5. The van der Waals surface area contributed by atoms with Crippen LogP contribution in [0.5, 0.6) is 0 Å². The van der Waals surface area contributed by atoms with Crippen LogP contribution in [0.25, 0.3) is 11.1 Å². The number of nitrogens with zero attached hydrogens (tertiary/aromatic N) is 4. The zero-order valence-electron chi connectivity index (χ0n) is 19.4. The molecule has 1 aromatic heterocycles. The van der Waals surface area contributed by atoms with Gasteiger partial charge in [-0.05, 0) is 29.3 Å². The predicted octanol–water partition coefficient (Wildman–Crippen LogP) is 4.66. The van der Waals surface area contributed by atoms with Crippen molar-refractivity contribution in [1.29, 1.82) is 5.26 Å². The van der Waals surface area contributed by atoms with Gasteiger partial charge < -0.3 is 15.5 Å². The van der Waals surface area contributed by atoms with Gasteiger partial charge in [0.25, 0.3) is 0 Å². The molecule has 0 bridgehead atoms. The highest BCUT2D eigenvalue weighted by atomic mass is 19.4. The number of nitriles is 1. The number of benzene rings is 2. The average Bonchev–Trinajstić information content (AvgIpc) is 2.83. The minimum Gasteiger partial charge on any atom is -0.381 e. The fourth-order valence-corrected chi connectivity index (χ4v) is 3.19. The summed E-state index contributed by atoms with van der Waals surface area (Å²) in [6, 6.07) is 11.6. The fraction of sp³-hybridized carbons (Fsp3) is 0.154. The second kappa shape index (κ2) is 11.1. The van der Waals surface area contributed by atoms with Gasteiger partial charge in [0.15, 0.2) is 0 Å². The molecule has 1 amide bonds. The molecule has 182 valence electrons. The predicted molar refractivity (Wildman–Crippen MR) is 130 cm³/mol. The van der Waals surface area contributed by atoms with Gasteiger partial charge in [0.2, 0.25) is 11.9 Å². The van der Waals surface area contributed by atoms with Crippen LogP contribution in [0.3, 0.4) is 0 Å². The number of amides is 1. The Morgan fingerprint density at radius 1 is 1.08 bits per heavy atom. The number of allylic oxidation sites excluding steroid dienone is 1. The van der Waals surface area contributed by atoms with Crippen molar-refractivity contribution in [3.63, 3.8) is 0 Å². The molecule has 36 heavy (non-hydrogen) atoms. The molecular formula is C26H21F3N6O. The molecule has 10 heteroatoms. The Kier molecular flexibility index (Phi) is 7.92. The van der Waals surface area contributed by atoms with Crippen molar-refractivity contribution in [1.82, 2.24) is 14.9 Å². The van der Waals surface area contributed by atoms with E-state index in [-0.39, 0.29) is 12.1 Å². The van der Waals surface area contributed by atoms with Crippen molar-refractivity contribution in [2.75, 3.05) is 24.7 Å². The molecule has 2 N–H and O–H groups in total. The van der Waals surface area contributed by atoms with E-state index in [0.29, 0.717) is 17.2 Å². The lowest BCUT2D eigenvalue weighted by Gasteiger charge is -2.12. The molecule has 3 aromatic rings. The first-order chi connectivity index (χ1) is 17.1. The van der Waals surface area contributed by atoms with Gasteiger partial charge >= 0.3 is 6.18 Å². The van der Waals surface area contributed by atoms with Gasteiger partial charge in [0.1, 0.15) is 5.70 Å². The summed E-state index contributed by atoms with van der Waals surface area (Å²) < 4.78 is 39.4. The summed E-state index contributed by atoms with van der Waals surface area (Å²) in [6.45, 7) is 0. The zero-order chi connectivity index (χ0) is 26.3. The maximum Gasteiger partial charge on any atom is 0.417 e. The van der Waals surface area contributed by atoms with Crippen LogP contribution in [0.4, 0.5) is 24.8 Å². The molecular weight excluding hydrogens is 469 g/mol. The molecule has 1 heterocycles. The molecule has 7 nitrogen and oxygen atoms in total. The molecule has 0 aliphatic heterocycles. The molecule has 2 aromatic carbocycles. The highest BCUT2D eigenvalue weighted by molar-refractivity contribution is 5.92. The smallest absolute Gasteiger partial charge is 0.381 e. The topological polar surface area (TPSA) is 93.9 Å². The van der Waals surface area contributed by atoms with Crippen molar-refractivity contribution in [2.24, 2.45) is 0 Å². The Balaban J connectivity index is 1.65. The molecule has 0 aliphatic rings. The van der Waals surface area contributed by atoms with Crippen LogP contribution in [0.2, 0.25) is 0 Å². The van der Waals surface area contributed by atoms with Gasteiger partial charge in [0.05, 0.1) is 23.6 Å². The normalized spacial score (nSPS) is 11.2. The molecule has 3 rings (SSSR count). The number of anilines is 2. The van der Waals surface area contributed by atoms with Gasteiger partial charge in [-0.3, -0.25) is 4.79 Å². The van der Waals surface area contributed by atoms with E-state index in [0.717, 1.165) is 23.3 Å². The highest BCUT2D eigenvalue weighted by Crippen LogP contribution is 2.33. The lowest BCUT2D eigenvalue weighted by molar-refractivity contribution is -0.137. The standard InChI is InChI=1S/C26H21F3N6O/c1-4-21(16-35(2)3)34-25-31-14-20(15-32-25)18-7-5-17(6-8-18)11-24(36)33-22-10-9-19(13-30)23(12-22)26(27,28)29/h1,5-10,12,14-16H,11H2,2-3H3,(H,33,36)(H,31,32,34)/b21-16+. The van der Waals surface area contributed by atoms with Gasteiger partial charge in [-0.25, -0.2) is 9.97 Å². The van der Waals surface area contributed by atoms with Crippen molar-refractivity contribution >= 4 is 17.5 Å². The zero-order valence-corrected chi connectivity index (χ0v) is 19.4. The van der Waals surface area contributed by atoms with Crippen LogP contribution in [-0.4, -0.2) is 34.9 Å². The van der Waals surface area contributed by atoms with Gasteiger partial charge in [-0.1, -0.05) is 30.2 Å². The summed E-state index contributed by atoms with van der Waals surface area (Å²) in [4.78, 5) is 22.7. The third-order valence-corrected chi connectivity index (χ3v) is 4.82. The number of hydrogen-bond acceptors (Lipinski definition) is 6. The monoisotopic (exact) mass is 490 g/mol. The number of alkyl halides is 3. The minimum atomic E-state index is -4.70. The van der Waals surface area contributed by atoms with Crippen molar-refractivity contribution in [3.8, 4) is 29.5 Å². The average molecular weight is 490 g/mol. The van der Waals surface area contributed by atoms with Crippen LogP contribution < -0.4 is 10.6 Å². The van der Waals surface area contributed by atoms with Gasteiger partial charge in [-0.15, -0.1) is 6.42 Å². The lowest BCUT2D eigenvalue weighted by Crippen LogP contribution is -2.16. The summed E-state index contributed by atoms with van der Waals surface area (Å²) in [5, 5.41) is 14.3. The van der Waals surface area contributed by atoms with E-state index in [2.05, 4.69) is 26.5 Å². The van der Waals surface area contributed by atoms with Crippen molar-refractivity contribution < 1.29 is 18.0 Å². The van der Waals surface area contributed by atoms with Crippen LogP contribution in [0, 0.1) is 23.7 Å². The maximum absolute atomic E-state index is 13.1. The Hall–Kier alpha value is -4.83. The first-order valence-corrected chi connectivity index (χ1v) is 10.5. The highest BCUT2D eigenvalue weighted by Gasteiger charge is 2.34. The fourth-order valence-electron chi connectivity index (χ4n) is 3.19. The van der Waals surface area contributed by atoms with Crippen LogP contribution in [-0.2, 0) is 17.4 Å². The lowest BCUT2D eigenvalue weighted by atomic mass is 10.0. The van der Waals surface area contributed by atoms with Crippen LogP contribution in [0.15, 0.2) is 66.8 Å². The SMILES string of the molecule is C#C/C(=C\N(C)C)Nc1ncc(-c2ccc(CC(=O)Nc3ccc(C#N)c(C(F)(F)F)c3)cc2)cn1. The number of terminal acetylenes is 1. The number of nitrogens with one attached hydrogen (secondary N) is 2. The van der Waals surface area contributed by atoms with E-state index in [9.17, 15) is 18.0 Å². The number of rotatable bonds is 7. The van der Waals surface area contributed by atoms with E-state index >= 15 is 0 Å². The maximum atomic E-state index is 13.1. The molecule has 0 fully saturated rings. The number of aromatic nitrogens is 2. The summed E-state index contributed by atoms with van der Waals surface area (Å²) in [5.74, 6) is 2.36. The Morgan fingerprint density at radius 2 is 1.75 bits per heavy atom. The number of carbonyl (C=O) groups excluding carboxylic acids is 1. The van der Waals surface area contributed by atoms with Crippen molar-refractivity contribution in [3.05, 3.63) is 83.4 Å². The summed E-state index contributed by atoms with van der Waals surface area (Å²) >= 11 is 0. The van der Waals surface area contributed by atoms with E-state index in [1.807, 2.05) is 14.1 Å². The Morgan fingerprint density at radius 3 is 2.31 bits per heavy atom. The molecule has 0 aliphatic carbocycles. The molecule has 0 unspecified atom stereocenters. The summed E-state index contributed by atoms with van der Waals surface area (Å²) in [7, 11) is 3.68. The van der Waals surface area contributed by atoms with Crippen LogP contribution in [0.1, 0.15) is 16.7 Å². The van der Waals surface area contributed by atoms with Crippen molar-refractivity contribution in [2.45, 2.75) is 12.6 Å². The van der Waals surface area contributed by atoms with E-state index in [1.165, 1.54) is 12.1 Å². The molecule has 0 saturated carbocycles. The largest absolute Gasteiger partial charge is 0.417 e. The Labute approximate surface area is 206 Å². The van der Waals surface area contributed by atoms with E-state index in [1.54, 1.807) is 47.8 Å². The number of hydrogen-bond donors (Lipinski definition) is 2. The molecule has 0 radical (unpaired) electrons. The van der Waals surface area contributed by atoms with Gasteiger partial charge in [0, 0.05) is 43.9 Å². The molecule has 0 atom stereocenters. The van der Waals surface area contributed by atoms with E-state index < -0.39 is 23.2 Å². The molecule has 0 spiro atoms. The first kappa shape index (κ1) is 25.8. The van der Waals surface area contributed by atoms with E-state index in [4.69, 9.17) is 11.7 Å². The second-order valence-corrected chi connectivity index (χ2v) is 7.86. The minimum absolute atomic E-state index is 0.0396. The number of halogens is 3. The summed E-state index contributed by atoms with van der Waals surface area (Å²) in [5.41, 5.74) is 1.08. The Bertz CT molecular complexity index is 1350. The third-order valence-electron chi connectivity index (χ3n) is 4.82. The third kappa shape index (κ3) is 6.84. The van der Waals surface area contributed by atoms with Crippen LogP contribution >= 0.6 is 0 Å². The molecule has 0 saturated heterocycles.